The first-order valence-electron chi connectivity index (χ1n) is 10.4. The molecule has 3 aromatic rings. The molecule has 1 atom stereocenters. The van der Waals surface area contributed by atoms with E-state index in [-0.39, 0.29) is 17.5 Å². The number of hydrogen-bond acceptors (Lipinski definition) is 5. The monoisotopic (exact) mass is 424 g/mol. The molecule has 0 saturated carbocycles. The molecule has 6 nitrogen and oxygen atoms in total. The van der Waals surface area contributed by atoms with Crippen LogP contribution in [0.3, 0.4) is 0 Å². The van der Waals surface area contributed by atoms with E-state index < -0.39 is 0 Å². The summed E-state index contributed by atoms with van der Waals surface area (Å²) in [5, 5.41) is 0.708. The molecule has 0 radical (unpaired) electrons. The minimum Gasteiger partial charge on any atom is -0.337 e. The zero-order valence-corrected chi connectivity index (χ0v) is 18.8. The van der Waals surface area contributed by atoms with Gasteiger partial charge in [0, 0.05) is 36.6 Å². The van der Waals surface area contributed by atoms with E-state index in [0.717, 1.165) is 52.5 Å². The van der Waals surface area contributed by atoms with Gasteiger partial charge in [-0.3, -0.25) is 14.5 Å². The van der Waals surface area contributed by atoms with Crippen LogP contribution in [0.5, 0.6) is 0 Å². The van der Waals surface area contributed by atoms with Crippen molar-refractivity contribution < 1.29 is 4.79 Å². The topological polar surface area (TPSA) is 69.3 Å². The van der Waals surface area contributed by atoms with E-state index in [9.17, 15) is 9.59 Å². The normalized spacial score (nSPS) is 16.6. The Morgan fingerprint density at radius 1 is 1.17 bits per heavy atom. The predicted octanol–water partition coefficient (Wildman–Crippen LogP) is 3.82. The lowest BCUT2D eigenvalue weighted by Gasteiger charge is -2.27. The van der Waals surface area contributed by atoms with Crippen molar-refractivity contribution in [2.45, 2.75) is 40.2 Å². The summed E-state index contributed by atoms with van der Waals surface area (Å²) in [6.07, 6.45) is 0.894. The molecule has 158 valence electrons. The first-order chi connectivity index (χ1) is 14.3. The molecule has 1 N–H and O–H groups in total. The van der Waals surface area contributed by atoms with Crippen LogP contribution in [0.1, 0.15) is 51.6 Å². The highest BCUT2D eigenvalue weighted by molar-refractivity contribution is 7.18. The molecule has 1 unspecified atom stereocenters. The predicted molar refractivity (Wildman–Crippen MR) is 121 cm³/mol. The standard InChI is InChI=1S/C23H28N4O2S/c1-14-7-5-8-18(13-14)23(29)27-10-6-9-26(11-12-27)16(3)20-24-21(28)19-15(2)17(4)30-22(19)25-20/h5,7-8,13,16H,6,9-12H2,1-4H3,(H,24,25,28). The number of fused-ring (bicyclic) bond motifs is 1. The van der Waals surface area contributed by atoms with Crippen molar-refractivity contribution >= 4 is 27.5 Å². The number of aromatic amines is 1. The fourth-order valence-electron chi connectivity index (χ4n) is 4.13. The van der Waals surface area contributed by atoms with E-state index in [1.807, 2.05) is 49.9 Å². The highest BCUT2D eigenvalue weighted by Gasteiger charge is 2.25. The second-order valence-electron chi connectivity index (χ2n) is 8.14. The first kappa shape index (κ1) is 20.8. The number of amides is 1. The maximum atomic E-state index is 12.9. The minimum absolute atomic E-state index is 0.0150. The number of aryl methyl sites for hydroxylation is 3. The van der Waals surface area contributed by atoms with Gasteiger partial charge in [0.15, 0.2) is 0 Å². The van der Waals surface area contributed by atoms with Crippen LogP contribution < -0.4 is 5.56 Å². The average molecular weight is 425 g/mol. The molecule has 1 aromatic carbocycles. The van der Waals surface area contributed by atoms with Gasteiger partial charge in [0.2, 0.25) is 0 Å². The number of carbonyl (C=O) groups is 1. The summed E-state index contributed by atoms with van der Waals surface area (Å²) in [5.41, 5.74) is 2.80. The molecule has 2 aromatic heterocycles. The maximum absolute atomic E-state index is 12.9. The molecular formula is C23H28N4O2S. The fraction of sp³-hybridized carbons (Fsp3) is 0.435. The van der Waals surface area contributed by atoms with Gasteiger partial charge < -0.3 is 9.88 Å². The lowest BCUT2D eigenvalue weighted by Crippen LogP contribution is -2.36. The van der Waals surface area contributed by atoms with Crippen molar-refractivity contribution in [3.63, 3.8) is 0 Å². The molecule has 7 heteroatoms. The number of nitrogens with one attached hydrogen (secondary N) is 1. The zero-order valence-electron chi connectivity index (χ0n) is 18.0. The molecular weight excluding hydrogens is 396 g/mol. The Kier molecular flexibility index (Phi) is 5.75. The third kappa shape index (κ3) is 3.91. The zero-order chi connectivity index (χ0) is 21.4. The van der Waals surface area contributed by atoms with Crippen LogP contribution in [0.15, 0.2) is 29.1 Å². The highest BCUT2D eigenvalue weighted by atomic mass is 32.1. The second-order valence-corrected chi connectivity index (χ2v) is 9.34. The highest BCUT2D eigenvalue weighted by Crippen LogP contribution is 2.27. The van der Waals surface area contributed by atoms with E-state index in [1.165, 1.54) is 0 Å². The largest absolute Gasteiger partial charge is 0.337 e. The van der Waals surface area contributed by atoms with Gasteiger partial charge >= 0.3 is 0 Å². The van der Waals surface area contributed by atoms with Crippen LogP contribution in [-0.2, 0) is 0 Å². The third-order valence-electron chi connectivity index (χ3n) is 6.08. The van der Waals surface area contributed by atoms with Gasteiger partial charge in [-0.1, -0.05) is 17.7 Å². The summed E-state index contributed by atoms with van der Waals surface area (Å²) in [6, 6.07) is 7.75. The molecule has 3 heterocycles. The van der Waals surface area contributed by atoms with E-state index in [0.29, 0.717) is 17.8 Å². The molecule has 1 aliphatic heterocycles. The van der Waals surface area contributed by atoms with Crippen LogP contribution >= 0.6 is 11.3 Å². The Labute approximate surface area is 180 Å². The summed E-state index contributed by atoms with van der Waals surface area (Å²) in [4.78, 5) is 39.5. The SMILES string of the molecule is Cc1cccc(C(=O)N2CCCN(C(C)c3nc4sc(C)c(C)c4c(=O)[nH]3)CC2)c1. The van der Waals surface area contributed by atoms with Crippen LogP contribution in [0.25, 0.3) is 10.2 Å². The van der Waals surface area contributed by atoms with Gasteiger partial charge in [0.05, 0.1) is 11.4 Å². The Morgan fingerprint density at radius 2 is 1.97 bits per heavy atom. The number of hydrogen-bond donors (Lipinski definition) is 1. The maximum Gasteiger partial charge on any atom is 0.259 e. The van der Waals surface area contributed by atoms with E-state index in [4.69, 9.17) is 4.98 Å². The number of aromatic nitrogens is 2. The van der Waals surface area contributed by atoms with Gasteiger partial charge in [0.25, 0.3) is 11.5 Å². The molecule has 0 aliphatic carbocycles. The molecule has 1 fully saturated rings. The molecule has 1 aliphatic rings. The molecule has 0 bridgehead atoms. The molecule has 30 heavy (non-hydrogen) atoms. The Hall–Kier alpha value is -2.51. The summed E-state index contributed by atoms with van der Waals surface area (Å²) in [7, 11) is 0. The van der Waals surface area contributed by atoms with Crippen LogP contribution in [0, 0.1) is 20.8 Å². The van der Waals surface area contributed by atoms with Crippen molar-refractivity contribution in [3.8, 4) is 0 Å². The number of H-pyrrole nitrogens is 1. The van der Waals surface area contributed by atoms with Crippen LogP contribution in [0.4, 0.5) is 0 Å². The smallest absolute Gasteiger partial charge is 0.259 e. The van der Waals surface area contributed by atoms with Gasteiger partial charge in [-0.15, -0.1) is 11.3 Å². The average Bonchev–Trinajstić information content (AvgIpc) is 2.89. The lowest BCUT2D eigenvalue weighted by molar-refractivity contribution is 0.0758. The van der Waals surface area contributed by atoms with Crippen molar-refractivity contribution in [2.24, 2.45) is 0 Å². The van der Waals surface area contributed by atoms with Crippen LogP contribution in [-0.4, -0.2) is 51.9 Å². The van der Waals surface area contributed by atoms with Gasteiger partial charge in [-0.05, 0) is 51.8 Å². The summed E-state index contributed by atoms with van der Waals surface area (Å²) in [5.74, 6) is 0.790. The number of benzene rings is 1. The summed E-state index contributed by atoms with van der Waals surface area (Å²) >= 11 is 1.58. The van der Waals surface area contributed by atoms with Gasteiger partial charge in [-0.2, -0.15) is 0 Å². The van der Waals surface area contributed by atoms with Gasteiger partial charge in [-0.25, -0.2) is 4.98 Å². The van der Waals surface area contributed by atoms with E-state index in [2.05, 4.69) is 16.8 Å². The lowest BCUT2D eigenvalue weighted by atomic mass is 10.1. The summed E-state index contributed by atoms with van der Waals surface area (Å²) in [6.45, 7) is 11.1. The fourth-order valence-corrected chi connectivity index (χ4v) is 5.17. The molecule has 1 saturated heterocycles. The van der Waals surface area contributed by atoms with Crippen molar-refractivity contribution in [2.75, 3.05) is 26.2 Å². The molecule has 4 rings (SSSR count). The van der Waals surface area contributed by atoms with Crippen molar-refractivity contribution in [3.05, 3.63) is 62.0 Å². The Morgan fingerprint density at radius 3 is 2.73 bits per heavy atom. The van der Waals surface area contributed by atoms with Crippen molar-refractivity contribution in [1.29, 1.82) is 0 Å². The first-order valence-corrected chi connectivity index (χ1v) is 11.3. The van der Waals surface area contributed by atoms with E-state index in [1.54, 1.807) is 11.3 Å². The molecule has 1 amide bonds. The number of carbonyl (C=O) groups excluding carboxylic acids is 1. The number of thiophene rings is 1. The van der Waals surface area contributed by atoms with E-state index >= 15 is 0 Å². The third-order valence-corrected chi connectivity index (χ3v) is 7.18. The quantitative estimate of drug-likeness (QED) is 0.694. The van der Waals surface area contributed by atoms with Crippen molar-refractivity contribution in [1.82, 2.24) is 19.8 Å². The van der Waals surface area contributed by atoms with Crippen LogP contribution in [0.2, 0.25) is 0 Å². The summed E-state index contributed by atoms with van der Waals surface area (Å²) < 4.78 is 0. The Bertz CT molecular complexity index is 1150. The minimum atomic E-state index is -0.0604. The second kappa shape index (κ2) is 8.32. The number of rotatable bonds is 3. The Balaban J connectivity index is 1.51. The number of nitrogens with zero attached hydrogens (tertiary/aromatic N) is 3. The molecule has 0 spiro atoms. The van der Waals surface area contributed by atoms with Gasteiger partial charge in [0.1, 0.15) is 10.7 Å².